The summed E-state index contributed by atoms with van der Waals surface area (Å²) in [6, 6.07) is 0. The Balaban J connectivity index is 2.36. The second-order valence-corrected chi connectivity index (χ2v) is 4.53. The lowest BCUT2D eigenvalue weighted by molar-refractivity contribution is 0.284. The van der Waals surface area contributed by atoms with Crippen LogP contribution in [0.25, 0.3) is 0 Å². The molecule has 0 saturated carbocycles. The molecule has 2 rings (SSSR count). The smallest absolute Gasteiger partial charge is 0.115 e. The summed E-state index contributed by atoms with van der Waals surface area (Å²) in [5.74, 6) is 1.37. The number of ether oxygens (including phenoxy) is 1. The Morgan fingerprint density at radius 1 is 1.44 bits per heavy atom. The summed E-state index contributed by atoms with van der Waals surface area (Å²) in [7, 11) is 1.71. The molecule has 0 heterocycles. The average Bonchev–Trinajstić information content (AvgIpc) is 2.29. The number of hydrogen-bond acceptors (Lipinski definition) is 2. The third-order valence-electron chi connectivity index (χ3n) is 3.56. The van der Waals surface area contributed by atoms with Crippen molar-refractivity contribution in [3.63, 3.8) is 0 Å². The fourth-order valence-electron chi connectivity index (χ4n) is 2.52. The van der Waals surface area contributed by atoms with E-state index in [1.807, 2.05) is 6.08 Å². The predicted octanol–water partition coefficient (Wildman–Crippen LogP) is 2.55. The van der Waals surface area contributed by atoms with Crippen LogP contribution in [0.2, 0.25) is 0 Å². The molecule has 0 bridgehead atoms. The van der Waals surface area contributed by atoms with E-state index in [1.165, 1.54) is 5.57 Å². The summed E-state index contributed by atoms with van der Waals surface area (Å²) in [6.07, 6.45) is 14.0. The molecule has 0 aromatic carbocycles. The molecule has 2 unspecified atom stereocenters. The van der Waals surface area contributed by atoms with E-state index in [2.05, 4.69) is 37.3 Å². The highest BCUT2D eigenvalue weighted by atomic mass is 16.5. The van der Waals surface area contributed by atoms with Crippen LogP contribution in [0.4, 0.5) is 0 Å². The second kappa shape index (κ2) is 4.30. The van der Waals surface area contributed by atoms with Crippen LogP contribution >= 0.6 is 0 Å². The molecular formula is C14H19NO. The van der Waals surface area contributed by atoms with Gasteiger partial charge in [0.25, 0.3) is 0 Å². The Labute approximate surface area is 97.2 Å². The summed E-state index contributed by atoms with van der Waals surface area (Å²) < 4.78 is 5.32. The summed E-state index contributed by atoms with van der Waals surface area (Å²) in [4.78, 5) is 0. The van der Waals surface area contributed by atoms with E-state index in [-0.39, 0.29) is 5.41 Å². The first-order chi connectivity index (χ1) is 7.70. The Hall–Kier alpha value is -1.28. The predicted molar refractivity (Wildman–Crippen MR) is 66.7 cm³/mol. The van der Waals surface area contributed by atoms with Crippen LogP contribution < -0.4 is 5.73 Å². The SMILES string of the molecule is COC1=CC2(C)C(CCN)=CC=CC2C=C1. The maximum Gasteiger partial charge on any atom is 0.115 e. The van der Waals surface area contributed by atoms with Crippen LogP contribution in [0.1, 0.15) is 13.3 Å². The van der Waals surface area contributed by atoms with Crippen LogP contribution in [0.3, 0.4) is 0 Å². The van der Waals surface area contributed by atoms with Crippen molar-refractivity contribution in [2.45, 2.75) is 13.3 Å². The molecule has 2 heteroatoms. The summed E-state index contributed by atoms with van der Waals surface area (Å²) >= 11 is 0. The quantitative estimate of drug-likeness (QED) is 0.788. The molecule has 0 spiro atoms. The van der Waals surface area contributed by atoms with Gasteiger partial charge in [0.15, 0.2) is 0 Å². The van der Waals surface area contributed by atoms with Crippen LogP contribution in [-0.2, 0) is 4.74 Å². The zero-order valence-corrected chi connectivity index (χ0v) is 9.94. The van der Waals surface area contributed by atoms with Gasteiger partial charge in [0.1, 0.15) is 5.76 Å². The molecule has 0 aromatic heterocycles. The van der Waals surface area contributed by atoms with Gasteiger partial charge in [0.05, 0.1) is 7.11 Å². The molecule has 86 valence electrons. The number of methoxy groups -OCH3 is 1. The standard InChI is InChI=1S/C14H19NO/c1-14-10-13(16-2)7-6-11(14)4-3-5-12(14)8-9-15/h3-7,10-11H,8-9,15H2,1-2H3. The first kappa shape index (κ1) is 11.2. The zero-order valence-electron chi connectivity index (χ0n) is 9.94. The van der Waals surface area contributed by atoms with Crippen molar-refractivity contribution >= 4 is 0 Å². The van der Waals surface area contributed by atoms with Crippen LogP contribution in [0.5, 0.6) is 0 Å². The molecule has 0 aliphatic heterocycles. The fraction of sp³-hybridized carbons (Fsp3) is 0.429. The Bertz CT molecular complexity index is 390. The lowest BCUT2D eigenvalue weighted by Crippen LogP contribution is -2.30. The van der Waals surface area contributed by atoms with E-state index in [4.69, 9.17) is 10.5 Å². The molecule has 2 aliphatic rings. The van der Waals surface area contributed by atoms with Gasteiger partial charge < -0.3 is 10.5 Å². The van der Waals surface area contributed by atoms with Crippen molar-refractivity contribution in [1.82, 2.24) is 0 Å². The van der Waals surface area contributed by atoms with Crippen molar-refractivity contribution in [1.29, 1.82) is 0 Å². The van der Waals surface area contributed by atoms with Crippen molar-refractivity contribution in [3.05, 3.63) is 47.8 Å². The maximum absolute atomic E-state index is 5.67. The van der Waals surface area contributed by atoms with E-state index >= 15 is 0 Å². The van der Waals surface area contributed by atoms with Gasteiger partial charge in [-0.15, -0.1) is 0 Å². The normalized spacial score (nSPS) is 31.8. The molecule has 0 saturated heterocycles. The topological polar surface area (TPSA) is 35.2 Å². The molecule has 0 amide bonds. The zero-order chi connectivity index (χ0) is 11.6. The molecule has 2 nitrogen and oxygen atoms in total. The summed E-state index contributed by atoms with van der Waals surface area (Å²) in [6.45, 7) is 2.95. The number of nitrogens with two attached hydrogens (primary N) is 1. The van der Waals surface area contributed by atoms with Crippen LogP contribution in [0, 0.1) is 11.3 Å². The van der Waals surface area contributed by atoms with Gasteiger partial charge in [-0.3, -0.25) is 0 Å². The summed E-state index contributed by atoms with van der Waals surface area (Å²) in [5, 5.41) is 0. The first-order valence-corrected chi connectivity index (χ1v) is 5.73. The molecule has 0 aromatic rings. The average molecular weight is 217 g/mol. The lowest BCUT2D eigenvalue weighted by atomic mass is 9.66. The van der Waals surface area contributed by atoms with Gasteiger partial charge >= 0.3 is 0 Å². The van der Waals surface area contributed by atoms with Crippen LogP contribution in [-0.4, -0.2) is 13.7 Å². The second-order valence-electron chi connectivity index (χ2n) is 4.53. The number of hydrogen-bond donors (Lipinski definition) is 1. The highest BCUT2D eigenvalue weighted by Gasteiger charge is 2.36. The molecule has 2 atom stereocenters. The van der Waals surface area contributed by atoms with Gasteiger partial charge in [-0.05, 0) is 25.1 Å². The van der Waals surface area contributed by atoms with Crippen molar-refractivity contribution in [3.8, 4) is 0 Å². The van der Waals surface area contributed by atoms with E-state index in [0.717, 1.165) is 12.2 Å². The summed E-state index contributed by atoms with van der Waals surface area (Å²) in [5.41, 5.74) is 7.10. The minimum atomic E-state index is 0.0359. The van der Waals surface area contributed by atoms with Gasteiger partial charge in [0, 0.05) is 11.3 Å². The molecular weight excluding hydrogens is 198 g/mol. The highest BCUT2D eigenvalue weighted by Crippen LogP contribution is 2.45. The molecule has 16 heavy (non-hydrogen) atoms. The van der Waals surface area contributed by atoms with Crippen molar-refractivity contribution < 1.29 is 4.74 Å². The highest BCUT2D eigenvalue weighted by molar-refractivity contribution is 5.40. The maximum atomic E-state index is 5.67. The van der Waals surface area contributed by atoms with Gasteiger partial charge in [-0.1, -0.05) is 36.8 Å². The van der Waals surface area contributed by atoms with E-state index in [9.17, 15) is 0 Å². The Morgan fingerprint density at radius 3 is 2.94 bits per heavy atom. The van der Waals surface area contributed by atoms with Crippen molar-refractivity contribution in [2.75, 3.05) is 13.7 Å². The van der Waals surface area contributed by atoms with E-state index in [1.54, 1.807) is 7.11 Å². The first-order valence-electron chi connectivity index (χ1n) is 5.73. The minimum Gasteiger partial charge on any atom is -0.497 e. The van der Waals surface area contributed by atoms with E-state index in [0.29, 0.717) is 12.5 Å². The number of fused-ring (bicyclic) bond motifs is 1. The molecule has 0 radical (unpaired) electrons. The fourth-order valence-corrected chi connectivity index (χ4v) is 2.52. The third kappa shape index (κ3) is 1.74. The monoisotopic (exact) mass is 217 g/mol. The third-order valence-corrected chi connectivity index (χ3v) is 3.56. The number of rotatable bonds is 3. The van der Waals surface area contributed by atoms with E-state index < -0.39 is 0 Å². The van der Waals surface area contributed by atoms with Gasteiger partial charge in [-0.25, -0.2) is 0 Å². The van der Waals surface area contributed by atoms with Crippen molar-refractivity contribution in [2.24, 2.45) is 17.1 Å². The van der Waals surface area contributed by atoms with Gasteiger partial charge in [-0.2, -0.15) is 0 Å². The molecule has 2 N–H and O–H groups in total. The molecule has 0 fully saturated rings. The molecule has 2 aliphatic carbocycles. The minimum absolute atomic E-state index is 0.0359. The lowest BCUT2D eigenvalue weighted by Gasteiger charge is -2.39. The van der Waals surface area contributed by atoms with Crippen LogP contribution in [0.15, 0.2) is 47.8 Å². The Morgan fingerprint density at radius 2 is 2.25 bits per heavy atom. The largest absolute Gasteiger partial charge is 0.497 e. The van der Waals surface area contributed by atoms with Gasteiger partial charge in [0.2, 0.25) is 0 Å². The Kier molecular flexibility index (Phi) is 3.01. The number of allylic oxidation sites excluding steroid dienone is 6.